The Bertz CT molecular complexity index is 716. The quantitative estimate of drug-likeness (QED) is 0.821. The third-order valence-corrected chi connectivity index (χ3v) is 5.76. The molecule has 0 saturated carbocycles. The summed E-state index contributed by atoms with van der Waals surface area (Å²) in [5.41, 5.74) is 0.248. The molecule has 23 heavy (non-hydrogen) atoms. The van der Waals surface area contributed by atoms with Crippen molar-refractivity contribution in [2.24, 2.45) is 11.8 Å². The lowest BCUT2D eigenvalue weighted by atomic mass is 9.77. The number of hydrogen-bond acceptors (Lipinski definition) is 3. The average molecular weight is 378 g/mol. The van der Waals surface area contributed by atoms with Crippen LogP contribution in [-0.2, 0) is 14.3 Å². The lowest BCUT2D eigenvalue weighted by Gasteiger charge is -2.27. The molecule has 0 unspecified atom stereocenters. The molecule has 1 amide bonds. The summed E-state index contributed by atoms with van der Waals surface area (Å²) in [6.45, 7) is 2.37. The van der Waals surface area contributed by atoms with E-state index in [0.29, 0.717) is 6.54 Å². The maximum absolute atomic E-state index is 12.9. The number of likely N-dealkylation sites (tertiary alicyclic amines) is 1. The van der Waals surface area contributed by atoms with Gasteiger partial charge in [-0.25, -0.2) is 0 Å². The fraction of sp³-hybridized carbons (Fsp3) is 0.412. The first-order chi connectivity index (χ1) is 10.9. The summed E-state index contributed by atoms with van der Waals surface area (Å²) in [6, 6.07) is 7.69. The molecule has 0 aromatic heterocycles. The predicted octanol–water partition coefficient (Wildman–Crippen LogP) is 2.38. The summed E-state index contributed by atoms with van der Waals surface area (Å²) >= 11 is 3.40. The smallest absolute Gasteiger partial charge is 0.310 e. The van der Waals surface area contributed by atoms with Crippen LogP contribution in [0.15, 0.2) is 40.9 Å². The summed E-state index contributed by atoms with van der Waals surface area (Å²) in [6.07, 6.45) is 3.19. The van der Waals surface area contributed by atoms with Gasteiger partial charge >= 0.3 is 5.97 Å². The molecule has 4 rings (SSSR count). The van der Waals surface area contributed by atoms with Crippen LogP contribution in [0.2, 0.25) is 0 Å². The van der Waals surface area contributed by atoms with Crippen LogP contribution in [0.1, 0.15) is 18.5 Å². The highest BCUT2D eigenvalue weighted by atomic mass is 79.9. The lowest BCUT2D eigenvalue weighted by molar-refractivity contribution is -0.148. The first-order valence-electron chi connectivity index (χ1n) is 7.59. The van der Waals surface area contributed by atoms with Gasteiger partial charge in [-0.2, -0.15) is 0 Å². The molecule has 3 heterocycles. The zero-order valence-electron chi connectivity index (χ0n) is 12.5. The van der Waals surface area contributed by atoms with Gasteiger partial charge in [0.1, 0.15) is 11.5 Å². The Morgan fingerprint density at radius 2 is 2.13 bits per heavy atom. The lowest BCUT2D eigenvalue weighted by Crippen LogP contribution is -2.39. The first-order valence-corrected chi connectivity index (χ1v) is 8.38. The minimum absolute atomic E-state index is 0.124. The molecule has 0 radical (unpaired) electrons. The number of rotatable bonds is 3. The Balaban J connectivity index is 1.66. The van der Waals surface area contributed by atoms with E-state index < -0.39 is 29.5 Å². The van der Waals surface area contributed by atoms with E-state index in [0.717, 1.165) is 10.0 Å². The Kier molecular flexibility index (Phi) is 3.19. The largest absolute Gasteiger partial charge is 0.481 e. The van der Waals surface area contributed by atoms with Crippen LogP contribution in [0.3, 0.4) is 0 Å². The molecule has 6 heteroatoms. The molecular formula is C17H16BrNO4. The monoisotopic (exact) mass is 377 g/mol. The number of halogens is 1. The second-order valence-corrected chi connectivity index (χ2v) is 7.35. The van der Waals surface area contributed by atoms with E-state index in [9.17, 15) is 14.7 Å². The fourth-order valence-corrected chi connectivity index (χ4v) is 4.32. The van der Waals surface area contributed by atoms with Crippen molar-refractivity contribution in [3.8, 4) is 0 Å². The van der Waals surface area contributed by atoms with Crippen molar-refractivity contribution in [2.75, 3.05) is 6.54 Å². The first kappa shape index (κ1) is 14.9. The van der Waals surface area contributed by atoms with Crippen LogP contribution in [0.5, 0.6) is 0 Å². The third-order valence-electron chi connectivity index (χ3n) is 5.23. The number of nitrogens with zero attached hydrogens (tertiary/aromatic N) is 1. The number of benzene rings is 1. The summed E-state index contributed by atoms with van der Waals surface area (Å²) in [5.74, 6) is -2.49. The maximum Gasteiger partial charge on any atom is 0.310 e. The number of ether oxygens (including phenoxy) is 1. The van der Waals surface area contributed by atoms with Crippen molar-refractivity contribution in [1.82, 2.24) is 4.90 Å². The number of amides is 1. The number of carboxylic acids is 1. The molecule has 3 aliphatic rings. The number of carbonyl (C=O) groups is 2. The standard InChI is InChI=1S/C17H16BrNO4/c1-9(10-2-4-11(18)5-3-10)19-8-17-7-6-12(23-17)13(16(21)22)14(17)15(19)20/h2-7,9,12-14H,8H2,1H3,(H,21,22)/t9-,12-,13-,14+,17-/m0/s1. The highest BCUT2D eigenvalue weighted by Gasteiger charge is 2.67. The zero-order valence-corrected chi connectivity index (χ0v) is 14.1. The van der Waals surface area contributed by atoms with Gasteiger partial charge in [-0.1, -0.05) is 40.2 Å². The molecule has 5 nitrogen and oxygen atoms in total. The van der Waals surface area contributed by atoms with Crippen LogP contribution in [0.25, 0.3) is 0 Å². The Hall–Kier alpha value is -1.66. The molecular weight excluding hydrogens is 362 g/mol. The van der Waals surface area contributed by atoms with Crippen LogP contribution in [-0.4, -0.2) is 40.1 Å². The molecule has 1 spiro atoms. The van der Waals surface area contributed by atoms with Crippen LogP contribution < -0.4 is 0 Å². The minimum Gasteiger partial charge on any atom is -0.481 e. The Labute approximate surface area is 142 Å². The van der Waals surface area contributed by atoms with Gasteiger partial charge in [0.15, 0.2) is 0 Å². The van der Waals surface area contributed by atoms with E-state index in [2.05, 4.69) is 15.9 Å². The van der Waals surface area contributed by atoms with E-state index in [1.165, 1.54) is 0 Å². The molecule has 2 saturated heterocycles. The Morgan fingerprint density at radius 3 is 2.78 bits per heavy atom. The highest BCUT2D eigenvalue weighted by Crippen LogP contribution is 2.53. The second-order valence-electron chi connectivity index (χ2n) is 6.43. The zero-order chi connectivity index (χ0) is 16.4. The molecule has 120 valence electrons. The predicted molar refractivity (Wildman–Crippen MR) is 85.6 cm³/mol. The highest BCUT2D eigenvalue weighted by molar-refractivity contribution is 9.10. The molecule has 1 N–H and O–H groups in total. The molecule has 3 aliphatic heterocycles. The van der Waals surface area contributed by atoms with Crippen molar-refractivity contribution >= 4 is 27.8 Å². The molecule has 1 aromatic rings. The fourth-order valence-electron chi connectivity index (χ4n) is 4.06. The number of carboxylic acid groups (broad SMARTS) is 1. The van der Waals surface area contributed by atoms with E-state index in [4.69, 9.17) is 4.74 Å². The van der Waals surface area contributed by atoms with E-state index in [1.54, 1.807) is 11.0 Å². The topological polar surface area (TPSA) is 66.8 Å². The molecule has 0 aliphatic carbocycles. The normalized spacial score (nSPS) is 35.7. The van der Waals surface area contributed by atoms with Crippen LogP contribution in [0.4, 0.5) is 0 Å². The molecule has 2 fully saturated rings. The summed E-state index contributed by atoms with van der Waals surface area (Å²) in [4.78, 5) is 26.2. The maximum atomic E-state index is 12.9. The van der Waals surface area contributed by atoms with Crippen LogP contribution >= 0.6 is 15.9 Å². The SMILES string of the molecule is C[C@@H](c1ccc(Br)cc1)N1C[C@]23C=C[C@H](O2)[C@H](C(=O)O)[C@@H]3C1=O. The van der Waals surface area contributed by atoms with Gasteiger partial charge in [-0.3, -0.25) is 9.59 Å². The molecule has 1 aromatic carbocycles. The molecule has 2 bridgehead atoms. The Morgan fingerprint density at radius 1 is 1.43 bits per heavy atom. The number of aliphatic carboxylic acids is 1. The van der Waals surface area contributed by atoms with Gasteiger partial charge in [0, 0.05) is 4.47 Å². The van der Waals surface area contributed by atoms with Gasteiger partial charge in [-0.15, -0.1) is 0 Å². The summed E-state index contributed by atoms with van der Waals surface area (Å²) in [7, 11) is 0. The van der Waals surface area contributed by atoms with E-state index in [1.807, 2.05) is 37.3 Å². The summed E-state index contributed by atoms with van der Waals surface area (Å²) in [5, 5.41) is 9.48. The van der Waals surface area contributed by atoms with Gasteiger partial charge in [-0.05, 0) is 24.6 Å². The number of fused-ring (bicyclic) bond motifs is 1. The van der Waals surface area contributed by atoms with Crippen molar-refractivity contribution in [2.45, 2.75) is 24.7 Å². The van der Waals surface area contributed by atoms with Gasteiger partial charge in [0.2, 0.25) is 5.91 Å². The van der Waals surface area contributed by atoms with E-state index in [-0.39, 0.29) is 11.9 Å². The molecule has 5 atom stereocenters. The third kappa shape index (κ3) is 2.01. The number of carbonyl (C=O) groups excluding carboxylic acids is 1. The average Bonchev–Trinajstić information content (AvgIpc) is 3.15. The van der Waals surface area contributed by atoms with Crippen molar-refractivity contribution in [3.05, 3.63) is 46.5 Å². The minimum atomic E-state index is -0.960. The number of hydrogen-bond donors (Lipinski definition) is 1. The summed E-state index contributed by atoms with van der Waals surface area (Å²) < 4.78 is 6.88. The second kappa shape index (κ2) is 4.92. The van der Waals surface area contributed by atoms with Gasteiger partial charge in [0.05, 0.1) is 24.6 Å². The van der Waals surface area contributed by atoms with Crippen molar-refractivity contribution in [3.63, 3.8) is 0 Å². The van der Waals surface area contributed by atoms with Crippen LogP contribution in [0, 0.1) is 11.8 Å². The van der Waals surface area contributed by atoms with Crippen molar-refractivity contribution in [1.29, 1.82) is 0 Å². The van der Waals surface area contributed by atoms with Gasteiger partial charge in [0.25, 0.3) is 0 Å². The van der Waals surface area contributed by atoms with Gasteiger partial charge < -0.3 is 14.7 Å². The van der Waals surface area contributed by atoms with Crippen molar-refractivity contribution < 1.29 is 19.4 Å². The van der Waals surface area contributed by atoms with E-state index >= 15 is 0 Å².